The predicted octanol–water partition coefficient (Wildman–Crippen LogP) is 2.30. The van der Waals surface area contributed by atoms with Gasteiger partial charge in [-0.05, 0) is 13.0 Å². The van der Waals surface area contributed by atoms with Crippen molar-refractivity contribution in [1.82, 2.24) is 0 Å². The van der Waals surface area contributed by atoms with E-state index in [1.165, 1.54) is 11.8 Å². The lowest BCUT2D eigenvalue weighted by molar-refractivity contribution is -0.145. The van der Waals surface area contributed by atoms with Crippen LogP contribution in [0.25, 0.3) is 0 Å². The van der Waals surface area contributed by atoms with E-state index in [0.717, 1.165) is 0 Å². The molecule has 2 atom stereocenters. The van der Waals surface area contributed by atoms with E-state index >= 15 is 0 Å². The third-order valence-electron chi connectivity index (χ3n) is 4.85. The van der Waals surface area contributed by atoms with Crippen molar-refractivity contribution >= 4 is 23.3 Å². The second-order valence-corrected chi connectivity index (χ2v) is 6.43. The van der Waals surface area contributed by atoms with E-state index < -0.39 is 23.4 Å². The standard InChI is InChI=1S/C21H21NO5/c1-3-27-18(23)13-22-17-12-8-7-11-16(17)21(26,20(22)25)14(2)19(24)15-9-5-4-6-10-15/h4-12,14,26H,3,13H2,1-2H3/t14-,21-/m1/s1. The number of Topliss-reactive ketones (excluding diaryl/α,β-unsaturated/α-hetero) is 1. The molecule has 2 aromatic carbocycles. The zero-order chi connectivity index (χ0) is 19.6. The van der Waals surface area contributed by atoms with Crippen LogP contribution in [0.4, 0.5) is 5.69 Å². The van der Waals surface area contributed by atoms with Crippen LogP contribution in [0.15, 0.2) is 54.6 Å². The van der Waals surface area contributed by atoms with Crippen LogP contribution in [-0.4, -0.2) is 35.9 Å². The van der Waals surface area contributed by atoms with Crippen molar-refractivity contribution in [3.8, 4) is 0 Å². The van der Waals surface area contributed by atoms with Crippen LogP contribution in [0.5, 0.6) is 0 Å². The van der Waals surface area contributed by atoms with Gasteiger partial charge in [0.15, 0.2) is 11.4 Å². The molecule has 27 heavy (non-hydrogen) atoms. The van der Waals surface area contributed by atoms with Gasteiger partial charge in [0, 0.05) is 11.1 Å². The van der Waals surface area contributed by atoms with Gasteiger partial charge in [0.1, 0.15) is 6.54 Å². The number of rotatable bonds is 6. The Hall–Kier alpha value is -2.99. The number of carbonyl (C=O) groups is 3. The van der Waals surface area contributed by atoms with Crippen LogP contribution in [-0.2, 0) is 19.9 Å². The Morgan fingerprint density at radius 2 is 1.74 bits per heavy atom. The Kier molecular flexibility index (Phi) is 5.10. The van der Waals surface area contributed by atoms with Gasteiger partial charge in [0.25, 0.3) is 5.91 Å². The minimum absolute atomic E-state index is 0.190. The second-order valence-electron chi connectivity index (χ2n) is 6.43. The van der Waals surface area contributed by atoms with Crippen LogP contribution in [0.2, 0.25) is 0 Å². The first-order valence-electron chi connectivity index (χ1n) is 8.80. The Labute approximate surface area is 157 Å². The fourth-order valence-electron chi connectivity index (χ4n) is 3.41. The van der Waals surface area contributed by atoms with Gasteiger partial charge >= 0.3 is 5.97 Å². The SMILES string of the molecule is CCOC(=O)CN1C(=O)[C@@](O)([C@H](C)C(=O)c2ccccc2)c2ccccc21. The maximum Gasteiger partial charge on any atom is 0.326 e. The number of nitrogens with zero attached hydrogens (tertiary/aromatic N) is 1. The molecule has 0 spiro atoms. The van der Waals surface area contributed by atoms with Crippen molar-refractivity contribution in [2.24, 2.45) is 5.92 Å². The van der Waals surface area contributed by atoms with Crippen molar-refractivity contribution in [3.05, 3.63) is 65.7 Å². The molecule has 6 nitrogen and oxygen atoms in total. The van der Waals surface area contributed by atoms with E-state index in [0.29, 0.717) is 16.8 Å². The lowest BCUT2D eigenvalue weighted by Gasteiger charge is -2.28. The van der Waals surface area contributed by atoms with Crippen molar-refractivity contribution < 1.29 is 24.2 Å². The molecular weight excluding hydrogens is 346 g/mol. The Balaban J connectivity index is 2.00. The number of para-hydroxylation sites is 1. The number of aliphatic hydroxyl groups is 1. The van der Waals surface area contributed by atoms with Crippen molar-refractivity contribution in [2.75, 3.05) is 18.1 Å². The van der Waals surface area contributed by atoms with Crippen LogP contribution in [0, 0.1) is 5.92 Å². The number of hydrogen-bond donors (Lipinski definition) is 1. The van der Waals surface area contributed by atoms with Gasteiger partial charge in [0.2, 0.25) is 0 Å². The number of amides is 1. The highest BCUT2D eigenvalue weighted by Gasteiger charge is 2.55. The molecule has 2 aromatic rings. The number of carbonyl (C=O) groups excluding carboxylic acids is 3. The molecule has 1 aliphatic heterocycles. The Bertz CT molecular complexity index is 879. The summed E-state index contributed by atoms with van der Waals surface area (Å²) < 4.78 is 4.93. The lowest BCUT2D eigenvalue weighted by atomic mass is 9.79. The summed E-state index contributed by atoms with van der Waals surface area (Å²) in [6.45, 7) is 3.07. The summed E-state index contributed by atoms with van der Waals surface area (Å²) in [6.07, 6.45) is 0. The fourth-order valence-corrected chi connectivity index (χ4v) is 3.41. The van der Waals surface area contributed by atoms with Gasteiger partial charge in [-0.15, -0.1) is 0 Å². The molecule has 1 aliphatic rings. The van der Waals surface area contributed by atoms with Gasteiger partial charge in [-0.25, -0.2) is 0 Å². The number of benzene rings is 2. The first-order chi connectivity index (χ1) is 12.9. The molecule has 0 saturated heterocycles. The number of ketones is 1. The van der Waals surface area contributed by atoms with Gasteiger partial charge in [-0.3, -0.25) is 19.3 Å². The van der Waals surface area contributed by atoms with E-state index in [2.05, 4.69) is 0 Å². The van der Waals surface area contributed by atoms with E-state index in [1.807, 2.05) is 0 Å². The smallest absolute Gasteiger partial charge is 0.326 e. The van der Waals surface area contributed by atoms with Gasteiger partial charge in [-0.1, -0.05) is 55.5 Å². The van der Waals surface area contributed by atoms with E-state index in [-0.39, 0.29) is 18.9 Å². The molecule has 0 radical (unpaired) electrons. The number of hydrogen-bond acceptors (Lipinski definition) is 5. The number of anilines is 1. The first kappa shape index (κ1) is 18.8. The molecule has 140 valence electrons. The molecule has 1 N–H and O–H groups in total. The zero-order valence-corrected chi connectivity index (χ0v) is 15.2. The van der Waals surface area contributed by atoms with Crippen LogP contribution in [0.3, 0.4) is 0 Å². The van der Waals surface area contributed by atoms with Gasteiger partial charge in [0.05, 0.1) is 18.2 Å². The minimum Gasteiger partial charge on any atom is -0.465 e. The van der Waals surface area contributed by atoms with Crippen LogP contribution in [0.1, 0.15) is 29.8 Å². The topological polar surface area (TPSA) is 83.9 Å². The van der Waals surface area contributed by atoms with Crippen molar-refractivity contribution in [1.29, 1.82) is 0 Å². The maximum atomic E-state index is 13.1. The van der Waals surface area contributed by atoms with Gasteiger partial charge < -0.3 is 9.84 Å². The van der Waals surface area contributed by atoms with Crippen molar-refractivity contribution in [2.45, 2.75) is 19.4 Å². The van der Waals surface area contributed by atoms with Crippen molar-refractivity contribution in [3.63, 3.8) is 0 Å². The summed E-state index contributed by atoms with van der Waals surface area (Å²) in [4.78, 5) is 39.1. The highest BCUT2D eigenvalue weighted by atomic mass is 16.5. The summed E-state index contributed by atoms with van der Waals surface area (Å²) in [5.41, 5.74) is -0.912. The highest BCUT2D eigenvalue weighted by molar-refractivity contribution is 6.13. The Morgan fingerprint density at radius 1 is 1.11 bits per heavy atom. The molecule has 0 aromatic heterocycles. The minimum atomic E-state index is -2.05. The summed E-state index contributed by atoms with van der Waals surface area (Å²) in [6, 6.07) is 15.2. The third kappa shape index (κ3) is 3.13. The Morgan fingerprint density at radius 3 is 2.41 bits per heavy atom. The monoisotopic (exact) mass is 367 g/mol. The average molecular weight is 367 g/mol. The molecule has 3 rings (SSSR count). The molecule has 0 fully saturated rings. The molecule has 1 amide bonds. The molecule has 0 unspecified atom stereocenters. The summed E-state index contributed by atoms with van der Waals surface area (Å²) >= 11 is 0. The maximum absolute atomic E-state index is 13.1. The lowest BCUT2D eigenvalue weighted by Crippen LogP contribution is -2.48. The molecule has 0 aliphatic carbocycles. The molecular formula is C21H21NO5. The van der Waals surface area contributed by atoms with E-state index in [9.17, 15) is 19.5 Å². The van der Waals surface area contributed by atoms with Crippen LogP contribution < -0.4 is 4.90 Å². The summed E-state index contributed by atoms with van der Waals surface area (Å²) in [7, 11) is 0. The molecule has 1 heterocycles. The van der Waals surface area contributed by atoms with Gasteiger partial charge in [-0.2, -0.15) is 0 Å². The highest BCUT2D eigenvalue weighted by Crippen LogP contribution is 2.45. The molecule has 6 heteroatoms. The fraction of sp³-hybridized carbons (Fsp3) is 0.286. The third-order valence-corrected chi connectivity index (χ3v) is 4.85. The quantitative estimate of drug-likeness (QED) is 0.626. The zero-order valence-electron chi connectivity index (χ0n) is 15.2. The predicted molar refractivity (Wildman–Crippen MR) is 99.3 cm³/mol. The number of fused-ring (bicyclic) bond motifs is 1. The number of esters is 1. The molecule has 0 bridgehead atoms. The van der Waals surface area contributed by atoms with E-state index in [4.69, 9.17) is 4.74 Å². The van der Waals surface area contributed by atoms with Crippen LogP contribution >= 0.6 is 0 Å². The summed E-state index contributed by atoms with van der Waals surface area (Å²) in [5.74, 6) is -2.65. The largest absolute Gasteiger partial charge is 0.465 e. The first-order valence-corrected chi connectivity index (χ1v) is 8.80. The number of ether oxygens (including phenoxy) is 1. The van der Waals surface area contributed by atoms with E-state index in [1.54, 1.807) is 61.5 Å². The average Bonchev–Trinajstić information content (AvgIpc) is 2.91. The normalized spacial score (nSPS) is 19.5. The molecule has 0 saturated carbocycles. The second kappa shape index (κ2) is 7.32. The summed E-state index contributed by atoms with van der Waals surface area (Å²) in [5, 5.41) is 11.4.